The summed E-state index contributed by atoms with van der Waals surface area (Å²) in [5.41, 5.74) is 3.06. The average molecular weight is 241 g/mol. The van der Waals surface area contributed by atoms with Gasteiger partial charge in [0, 0.05) is 12.6 Å². The summed E-state index contributed by atoms with van der Waals surface area (Å²) in [5.74, 6) is 2.89. The third-order valence-corrected chi connectivity index (χ3v) is 4.80. The van der Waals surface area contributed by atoms with Gasteiger partial charge in [-0.2, -0.15) is 0 Å². The lowest BCUT2D eigenvalue weighted by Gasteiger charge is -2.18. The second-order valence-electron chi connectivity index (χ2n) is 6.60. The monoisotopic (exact) mass is 241 g/mol. The normalized spacial score (nSPS) is 23.6. The molecule has 3 aliphatic carbocycles. The third-order valence-electron chi connectivity index (χ3n) is 4.80. The van der Waals surface area contributed by atoms with Crippen molar-refractivity contribution in [3.05, 3.63) is 35.4 Å². The molecule has 4 rings (SSSR count). The highest BCUT2D eigenvalue weighted by Crippen LogP contribution is 2.44. The Morgan fingerprint density at radius 3 is 2.33 bits per heavy atom. The average Bonchev–Trinajstić information content (AvgIpc) is 3.27. The highest BCUT2D eigenvalue weighted by molar-refractivity contribution is 5.29. The highest BCUT2D eigenvalue weighted by Gasteiger charge is 2.40. The molecule has 3 fully saturated rings. The van der Waals surface area contributed by atoms with Crippen molar-refractivity contribution < 1.29 is 0 Å². The van der Waals surface area contributed by atoms with Crippen LogP contribution < -0.4 is 5.32 Å². The summed E-state index contributed by atoms with van der Waals surface area (Å²) in [6.07, 6.45) is 8.69. The SMILES string of the molecule is c1cc(CNC(C2CC2)C2CC2)cc(C2CC2)c1. The van der Waals surface area contributed by atoms with Crippen LogP contribution in [0.2, 0.25) is 0 Å². The van der Waals surface area contributed by atoms with Crippen molar-refractivity contribution in [2.24, 2.45) is 11.8 Å². The molecule has 1 heteroatoms. The molecule has 96 valence electrons. The van der Waals surface area contributed by atoms with Crippen molar-refractivity contribution in [3.8, 4) is 0 Å². The zero-order valence-corrected chi connectivity index (χ0v) is 11.1. The van der Waals surface area contributed by atoms with Gasteiger partial charge in [-0.05, 0) is 67.4 Å². The smallest absolute Gasteiger partial charge is 0.0208 e. The highest BCUT2D eigenvalue weighted by atomic mass is 14.9. The molecule has 1 aromatic rings. The lowest BCUT2D eigenvalue weighted by atomic mass is 10.0. The van der Waals surface area contributed by atoms with Gasteiger partial charge >= 0.3 is 0 Å². The van der Waals surface area contributed by atoms with Gasteiger partial charge < -0.3 is 5.32 Å². The van der Waals surface area contributed by atoms with Crippen LogP contribution in [0, 0.1) is 11.8 Å². The van der Waals surface area contributed by atoms with Gasteiger partial charge in [-0.1, -0.05) is 24.3 Å². The first kappa shape index (κ1) is 11.0. The second-order valence-corrected chi connectivity index (χ2v) is 6.60. The zero-order valence-electron chi connectivity index (χ0n) is 11.1. The molecule has 1 aromatic carbocycles. The third kappa shape index (κ3) is 2.47. The molecule has 18 heavy (non-hydrogen) atoms. The summed E-state index contributed by atoms with van der Waals surface area (Å²) in [4.78, 5) is 0. The number of rotatable bonds is 6. The fraction of sp³-hybridized carbons (Fsp3) is 0.647. The summed E-state index contributed by atoms with van der Waals surface area (Å²) in [7, 11) is 0. The van der Waals surface area contributed by atoms with E-state index >= 15 is 0 Å². The van der Waals surface area contributed by atoms with E-state index in [1.807, 2.05) is 0 Å². The maximum Gasteiger partial charge on any atom is 0.0208 e. The van der Waals surface area contributed by atoms with E-state index in [4.69, 9.17) is 0 Å². The van der Waals surface area contributed by atoms with E-state index in [1.165, 1.54) is 44.1 Å². The van der Waals surface area contributed by atoms with Crippen molar-refractivity contribution in [1.82, 2.24) is 5.32 Å². The molecule has 0 atom stereocenters. The topological polar surface area (TPSA) is 12.0 Å². The van der Waals surface area contributed by atoms with E-state index in [-0.39, 0.29) is 0 Å². The Morgan fingerprint density at radius 1 is 1.00 bits per heavy atom. The Bertz CT molecular complexity index is 415. The predicted molar refractivity (Wildman–Crippen MR) is 74.5 cm³/mol. The lowest BCUT2D eigenvalue weighted by Crippen LogP contribution is -2.32. The van der Waals surface area contributed by atoms with Gasteiger partial charge in [0.1, 0.15) is 0 Å². The largest absolute Gasteiger partial charge is 0.309 e. The molecule has 3 saturated carbocycles. The molecule has 0 saturated heterocycles. The Hall–Kier alpha value is -0.820. The molecule has 0 heterocycles. The van der Waals surface area contributed by atoms with E-state index in [0.717, 1.165) is 30.3 Å². The predicted octanol–water partition coefficient (Wildman–Crippen LogP) is 3.84. The van der Waals surface area contributed by atoms with E-state index in [9.17, 15) is 0 Å². The first-order valence-electron chi connectivity index (χ1n) is 7.72. The summed E-state index contributed by atoms with van der Waals surface area (Å²) < 4.78 is 0. The van der Waals surface area contributed by atoms with E-state index in [0.29, 0.717) is 0 Å². The molecule has 0 radical (unpaired) electrons. The maximum absolute atomic E-state index is 3.85. The minimum Gasteiger partial charge on any atom is -0.309 e. The number of nitrogens with one attached hydrogen (secondary N) is 1. The van der Waals surface area contributed by atoms with Crippen LogP contribution in [0.25, 0.3) is 0 Å². The Morgan fingerprint density at radius 2 is 1.72 bits per heavy atom. The molecule has 0 spiro atoms. The van der Waals surface area contributed by atoms with E-state index < -0.39 is 0 Å². The molecule has 0 aliphatic heterocycles. The molecule has 0 aromatic heterocycles. The lowest BCUT2D eigenvalue weighted by molar-refractivity contribution is 0.416. The number of hydrogen-bond acceptors (Lipinski definition) is 1. The van der Waals surface area contributed by atoms with Gasteiger partial charge in [0.15, 0.2) is 0 Å². The quantitative estimate of drug-likeness (QED) is 0.798. The van der Waals surface area contributed by atoms with Crippen LogP contribution in [0.15, 0.2) is 24.3 Å². The van der Waals surface area contributed by atoms with Crippen LogP contribution in [-0.2, 0) is 6.54 Å². The maximum atomic E-state index is 3.85. The molecular formula is C17H23N. The van der Waals surface area contributed by atoms with Crippen molar-refractivity contribution >= 4 is 0 Å². The summed E-state index contributed by atoms with van der Waals surface area (Å²) >= 11 is 0. The fourth-order valence-corrected chi connectivity index (χ4v) is 3.24. The van der Waals surface area contributed by atoms with Crippen LogP contribution in [0.4, 0.5) is 0 Å². The summed E-state index contributed by atoms with van der Waals surface area (Å²) in [6.45, 7) is 1.08. The van der Waals surface area contributed by atoms with Crippen LogP contribution in [0.3, 0.4) is 0 Å². The fourth-order valence-electron chi connectivity index (χ4n) is 3.24. The van der Waals surface area contributed by atoms with Gasteiger partial charge in [-0.3, -0.25) is 0 Å². The number of benzene rings is 1. The zero-order chi connectivity index (χ0) is 11.9. The Balaban J connectivity index is 1.39. The second kappa shape index (κ2) is 4.38. The van der Waals surface area contributed by atoms with Crippen LogP contribution >= 0.6 is 0 Å². The molecule has 3 aliphatic rings. The van der Waals surface area contributed by atoms with Crippen LogP contribution in [-0.4, -0.2) is 6.04 Å². The van der Waals surface area contributed by atoms with Crippen LogP contribution in [0.5, 0.6) is 0 Å². The first-order valence-corrected chi connectivity index (χ1v) is 7.72. The van der Waals surface area contributed by atoms with Crippen molar-refractivity contribution in [2.75, 3.05) is 0 Å². The van der Waals surface area contributed by atoms with Crippen molar-refractivity contribution in [2.45, 2.75) is 57.0 Å². The molecular weight excluding hydrogens is 218 g/mol. The van der Waals surface area contributed by atoms with Gasteiger partial charge in [-0.25, -0.2) is 0 Å². The van der Waals surface area contributed by atoms with E-state index in [1.54, 1.807) is 5.56 Å². The molecule has 0 bridgehead atoms. The number of hydrogen-bond donors (Lipinski definition) is 1. The summed E-state index contributed by atoms with van der Waals surface area (Å²) in [5, 5.41) is 3.85. The van der Waals surface area contributed by atoms with Crippen LogP contribution in [0.1, 0.15) is 55.6 Å². The minimum atomic E-state index is 0.828. The van der Waals surface area contributed by atoms with Gasteiger partial charge in [0.2, 0.25) is 0 Å². The Labute approximate surface area is 110 Å². The van der Waals surface area contributed by atoms with Gasteiger partial charge in [0.25, 0.3) is 0 Å². The Kier molecular flexibility index (Phi) is 2.69. The van der Waals surface area contributed by atoms with E-state index in [2.05, 4.69) is 29.6 Å². The first-order chi connectivity index (χ1) is 8.90. The van der Waals surface area contributed by atoms with Crippen molar-refractivity contribution in [3.63, 3.8) is 0 Å². The van der Waals surface area contributed by atoms with Gasteiger partial charge in [0.05, 0.1) is 0 Å². The van der Waals surface area contributed by atoms with Crippen molar-refractivity contribution in [1.29, 1.82) is 0 Å². The summed E-state index contributed by atoms with van der Waals surface area (Å²) in [6, 6.07) is 10.1. The molecule has 0 unspecified atom stereocenters. The minimum absolute atomic E-state index is 0.828. The molecule has 1 N–H and O–H groups in total. The standard InChI is InChI=1S/C17H23N/c1-2-12(10-16(3-1)13-4-5-13)11-18-17(14-6-7-14)15-8-9-15/h1-3,10,13-15,17-18H,4-9,11H2. The molecule has 1 nitrogen and oxygen atoms in total. The molecule has 0 amide bonds. The van der Waals surface area contributed by atoms with Gasteiger partial charge in [-0.15, -0.1) is 0 Å².